The number of hydrogen-bond donors (Lipinski definition) is 0. The second kappa shape index (κ2) is 12.1. The number of rotatable bonds is 5. The maximum atomic E-state index is 5.21. The lowest BCUT2D eigenvalue weighted by Crippen LogP contribution is -2.01. The van der Waals surface area contributed by atoms with Crippen molar-refractivity contribution in [3.05, 3.63) is 176 Å². The Morgan fingerprint density at radius 2 is 0.922 bits per heavy atom. The van der Waals surface area contributed by atoms with Crippen LogP contribution in [0.5, 0.6) is 0 Å². The monoisotopic (exact) mass is 667 g/mol. The van der Waals surface area contributed by atoms with E-state index in [4.69, 9.17) is 15.0 Å². The molecule has 3 nitrogen and oxygen atoms in total. The fourth-order valence-corrected chi connectivity index (χ4v) is 8.32. The Bertz CT molecular complexity index is 2880. The van der Waals surface area contributed by atoms with Gasteiger partial charge in [0.05, 0.1) is 0 Å². The minimum absolute atomic E-state index is 0.643. The van der Waals surface area contributed by atoms with E-state index in [2.05, 4.69) is 158 Å². The van der Waals surface area contributed by atoms with Crippen LogP contribution >= 0.6 is 11.3 Å². The molecule has 0 N–H and O–H groups in total. The van der Waals surface area contributed by atoms with Gasteiger partial charge in [0.25, 0.3) is 0 Å². The van der Waals surface area contributed by atoms with Crippen molar-refractivity contribution in [1.82, 2.24) is 15.0 Å². The normalized spacial score (nSPS) is 11.5. The van der Waals surface area contributed by atoms with Crippen molar-refractivity contribution in [2.24, 2.45) is 0 Å². The predicted octanol–water partition coefficient (Wildman–Crippen LogP) is 12.9. The molecule has 2 heterocycles. The number of thiophene rings is 1. The molecule has 0 fully saturated rings. The van der Waals surface area contributed by atoms with E-state index in [1.54, 1.807) is 0 Å². The smallest absolute Gasteiger partial charge is 0.164 e. The van der Waals surface area contributed by atoms with Gasteiger partial charge in [-0.05, 0) is 72.6 Å². The Hall–Kier alpha value is -6.49. The van der Waals surface area contributed by atoms with E-state index in [1.807, 2.05) is 29.5 Å². The summed E-state index contributed by atoms with van der Waals surface area (Å²) in [4.78, 5) is 16.7. The first-order valence-electron chi connectivity index (χ1n) is 17.1. The van der Waals surface area contributed by atoms with E-state index in [1.165, 1.54) is 58.4 Å². The highest BCUT2D eigenvalue weighted by Gasteiger charge is 2.19. The molecule has 10 rings (SSSR count). The van der Waals surface area contributed by atoms with Gasteiger partial charge in [-0.2, -0.15) is 0 Å². The molecule has 0 bridgehead atoms. The lowest BCUT2D eigenvalue weighted by atomic mass is 9.88. The Morgan fingerprint density at radius 3 is 1.71 bits per heavy atom. The van der Waals surface area contributed by atoms with E-state index in [-0.39, 0.29) is 0 Å². The molecule has 0 saturated heterocycles. The quantitative estimate of drug-likeness (QED) is 0.135. The number of aromatic nitrogens is 3. The van der Waals surface area contributed by atoms with Crippen LogP contribution in [0.4, 0.5) is 0 Å². The number of benzene rings is 8. The molecule has 0 amide bonds. The summed E-state index contributed by atoms with van der Waals surface area (Å²) in [6.45, 7) is 0. The van der Waals surface area contributed by atoms with E-state index >= 15 is 0 Å². The van der Waals surface area contributed by atoms with E-state index in [0.717, 1.165) is 22.3 Å². The molecule has 10 aromatic rings. The first-order chi connectivity index (χ1) is 25.3. The lowest BCUT2D eigenvalue weighted by Gasteiger charge is -2.17. The van der Waals surface area contributed by atoms with Crippen molar-refractivity contribution in [2.75, 3.05) is 0 Å². The molecule has 0 saturated carbocycles. The first-order valence-corrected chi connectivity index (χ1v) is 17.9. The van der Waals surface area contributed by atoms with Crippen LogP contribution in [-0.2, 0) is 0 Å². The van der Waals surface area contributed by atoms with Gasteiger partial charge >= 0.3 is 0 Å². The van der Waals surface area contributed by atoms with Crippen LogP contribution in [0.15, 0.2) is 176 Å². The topological polar surface area (TPSA) is 38.7 Å². The predicted molar refractivity (Wildman–Crippen MR) is 215 cm³/mol. The minimum atomic E-state index is 0.643. The van der Waals surface area contributed by atoms with Crippen LogP contribution in [-0.4, -0.2) is 15.0 Å². The van der Waals surface area contributed by atoms with E-state index < -0.39 is 0 Å². The summed E-state index contributed by atoms with van der Waals surface area (Å²) >= 11 is 1.81. The molecule has 51 heavy (non-hydrogen) atoms. The van der Waals surface area contributed by atoms with Crippen LogP contribution in [0.3, 0.4) is 0 Å². The van der Waals surface area contributed by atoms with Crippen molar-refractivity contribution in [3.63, 3.8) is 0 Å². The summed E-state index contributed by atoms with van der Waals surface area (Å²) < 4.78 is 1.29. The van der Waals surface area contributed by atoms with Crippen LogP contribution in [0.1, 0.15) is 0 Å². The minimum Gasteiger partial charge on any atom is -0.208 e. The fraction of sp³-hybridized carbons (Fsp3) is 0. The summed E-state index contributed by atoms with van der Waals surface area (Å²) in [6.07, 6.45) is 0. The standard InChI is InChI=1S/C47H29N3S/c1-2-13-32(14-3-1)45-48-46(33-24-22-31(23-25-33)43-29-35-16-6-11-21-42(35)51-43)50-47(49-45)40-20-10-9-19-38(40)44-37-18-8-5-15-34(37)28-41-36-17-7-4-12-30(36)26-27-39(41)44/h1-29H. The molecule has 0 atom stereocenters. The summed E-state index contributed by atoms with van der Waals surface area (Å²) in [6, 6.07) is 62.2. The fourth-order valence-electron chi connectivity index (χ4n) is 7.26. The molecule has 0 unspecified atom stereocenters. The zero-order valence-corrected chi connectivity index (χ0v) is 28.3. The van der Waals surface area contributed by atoms with Gasteiger partial charge in [0.2, 0.25) is 0 Å². The van der Waals surface area contributed by atoms with Crippen LogP contribution in [0, 0.1) is 0 Å². The summed E-state index contributed by atoms with van der Waals surface area (Å²) in [5, 5.41) is 8.57. The van der Waals surface area contributed by atoms with E-state index in [9.17, 15) is 0 Å². The zero-order valence-electron chi connectivity index (χ0n) is 27.5. The molecule has 8 aromatic carbocycles. The van der Waals surface area contributed by atoms with Crippen molar-refractivity contribution in [2.45, 2.75) is 0 Å². The maximum Gasteiger partial charge on any atom is 0.164 e. The molecule has 2 aromatic heterocycles. The zero-order chi connectivity index (χ0) is 33.7. The molecule has 0 aliphatic heterocycles. The van der Waals surface area contributed by atoms with Crippen LogP contribution < -0.4 is 0 Å². The third-order valence-corrected chi connectivity index (χ3v) is 10.9. The van der Waals surface area contributed by atoms with Crippen LogP contribution in [0.2, 0.25) is 0 Å². The van der Waals surface area contributed by atoms with Crippen LogP contribution in [0.25, 0.3) is 98.1 Å². The lowest BCUT2D eigenvalue weighted by molar-refractivity contribution is 1.07. The van der Waals surface area contributed by atoms with Gasteiger partial charge in [-0.3, -0.25) is 0 Å². The van der Waals surface area contributed by atoms with Gasteiger partial charge in [0.1, 0.15) is 0 Å². The maximum absolute atomic E-state index is 5.21. The molecule has 0 radical (unpaired) electrons. The molecular formula is C47H29N3S. The van der Waals surface area contributed by atoms with Gasteiger partial charge in [-0.25, -0.2) is 15.0 Å². The van der Waals surface area contributed by atoms with Gasteiger partial charge in [0, 0.05) is 26.3 Å². The highest BCUT2D eigenvalue weighted by molar-refractivity contribution is 7.22. The van der Waals surface area contributed by atoms with Crippen molar-refractivity contribution in [3.8, 4) is 55.7 Å². The molecule has 238 valence electrons. The number of hydrogen-bond acceptors (Lipinski definition) is 4. The van der Waals surface area contributed by atoms with Gasteiger partial charge in [-0.1, -0.05) is 158 Å². The SMILES string of the molecule is c1ccc(-c2nc(-c3ccc(-c4cc5ccccc5s4)cc3)nc(-c3ccccc3-c3c4ccccc4cc4c3ccc3ccccc34)n2)cc1. The molecule has 0 aliphatic carbocycles. The Morgan fingerprint density at radius 1 is 0.333 bits per heavy atom. The Labute approximate surface area is 299 Å². The van der Waals surface area contributed by atoms with E-state index in [0.29, 0.717) is 17.5 Å². The molecule has 4 heteroatoms. The summed E-state index contributed by atoms with van der Waals surface area (Å²) in [5.41, 5.74) is 6.31. The molecular weight excluding hydrogens is 639 g/mol. The third kappa shape index (κ3) is 5.16. The van der Waals surface area contributed by atoms with Gasteiger partial charge in [-0.15, -0.1) is 11.3 Å². The highest BCUT2D eigenvalue weighted by atomic mass is 32.1. The molecule has 0 aliphatic rings. The highest BCUT2D eigenvalue weighted by Crippen LogP contribution is 2.43. The molecule has 0 spiro atoms. The number of nitrogens with zero attached hydrogens (tertiary/aromatic N) is 3. The van der Waals surface area contributed by atoms with Gasteiger partial charge in [0.15, 0.2) is 17.5 Å². The average molecular weight is 668 g/mol. The number of fused-ring (bicyclic) bond motifs is 5. The third-order valence-electron chi connectivity index (χ3n) is 9.73. The largest absolute Gasteiger partial charge is 0.208 e. The van der Waals surface area contributed by atoms with Gasteiger partial charge < -0.3 is 0 Å². The average Bonchev–Trinajstić information content (AvgIpc) is 3.65. The summed E-state index contributed by atoms with van der Waals surface area (Å²) in [5.74, 6) is 1.93. The van der Waals surface area contributed by atoms with Crippen molar-refractivity contribution >= 4 is 53.7 Å². The Balaban J connectivity index is 1.17. The second-order valence-corrected chi connectivity index (χ2v) is 13.9. The second-order valence-electron chi connectivity index (χ2n) is 12.8. The van der Waals surface area contributed by atoms with Crippen molar-refractivity contribution < 1.29 is 0 Å². The first kappa shape index (κ1) is 29.4. The summed E-state index contributed by atoms with van der Waals surface area (Å²) in [7, 11) is 0. The van der Waals surface area contributed by atoms with Crippen molar-refractivity contribution in [1.29, 1.82) is 0 Å². The Kier molecular flexibility index (Phi) is 7.00.